The van der Waals surface area contributed by atoms with E-state index in [0.29, 0.717) is 44.9 Å². The summed E-state index contributed by atoms with van der Waals surface area (Å²) < 4.78 is 44.7. The number of nitrogens with one attached hydrogen (secondary N) is 1. The average Bonchev–Trinajstić information content (AvgIpc) is 2.73. The zero-order valence-electron chi connectivity index (χ0n) is 18.5. The number of anilines is 1. The molecule has 0 radical (unpaired) electrons. The monoisotopic (exact) mass is 497 g/mol. The minimum atomic E-state index is -4.53. The fourth-order valence-electron chi connectivity index (χ4n) is 5.86. The molecule has 2 atom stereocenters. The van der Waals surface area contributed by atoms with E-state index >= 15 is 0 Å². The normalized spacial score (nSPS) is 26.4. The summed E-state index contributed by atoms with van der Waals surface area (Å²) >= 11 is 0. The van der Waals surface area contributed by atoms with E-state index in [1.807, 2.05) is 4.90 Å². The number of hydrogen-bond donors (Lipinski definition) is 2. The van der Waals surface area contributed by atoms with Crippen molar-refractivity contribution in [1.29, 1.82) is 0 Å². The van der Waals surface area contributed by atoms with E-state index in [2.05, 4.69) is 19.2 Å². The number of likely N-dealkylation sites (tertiary alicyclic amines) is 2. The highest BCUT2D eigenvalue weighted by atomic mass is 31.0. The van der Waals surface area contributed by atoms with Gasteiger partial charge >= 0.3 is 12.2 Å². The Morgan fingerprint density at radius 2 is 2.06 bits per heavy atom. The van der Waals surface area contributed by atoms with Crippen molar-refractivity contribution in [3.63, 3.8) is 0 Å². The molecule has 4 aliphatic rings. The van der Waals surface area contributed by atoms with Crippen molar-refractivity contribution in [2.24, 2.45) is 11.3 Å². The van der Waals surface area contributed by atoms with Gasteiger partial charge in [0.2, 0.25) is 5.91 Å². The maximum atomic E-state index is 13.0. The molecule has 1 saturated carbocycles. The van der Waals surface area contributed by atoms with Crippen LogP contribution in [0.1, 0.15) is 30.4 Å². The van der Waals surface area contributed by atoms with E-state index in [9.17, 15) is 22.8 Å². The van der Waals surface area contributed by atoms with Crippen molar-refractivity contribution in [2.75, 3.05) is 38.5 Å². The first-order valence-electron chi connectivity index (χ1n) is 11.4. The van der Waals surface area contributed by atoms with Gasteiger partial charge in [-0.2, -0.15) is 13.2 Å². The maximum absolute atomic E-state index is 13.0. The number of pyridine rings is 1. The zero-order valence-corrected chi connectivity index (χ0v) is 19.5. The van der Waals surface area contributed by atoms with Gasteiger partial charge in [0.25, 0.3) is 0 Å². The molecular formula is C22H27F3N5O3P. The number of aromatic nitrogens is 1. The van der Waals surface area contributed by atoms with Crippen LogP contribution >= 0.6 is 8.86 Å². The molecule has 4 heterocycles. The highest BCUT2D eigenvalue weighted by molar-refractivity contribution is 7.22. The molecule has 0 bridgehead atoms. The Balaban J connectivity index is 1.11. The Labute approximate surface area is 197 Å². The molecule has 1 aliphatic carbocycles. The zero-order chi connectivity index (χ0) is 24.3. The third-order valence-corrected chi connectivity index (χ3v) is 7.97. The standard InChI is InChI=1S/C22H27F3N5O3P/c23-22(24,25)18(34)14-4-12(7-27-19(14)26)3-13-5-21(6-13)10-30(11-21)20(32)29-2-1-16-15(8-29)28-17(31)9-33-16/h4,7,13,15-16,34H,1-3,5-6,8-11H2,(H2,26,27)(H,28,31)/t15-,16+/m1/s1. The number of ether oxygens (including phenoxy) is 1. The summed E-state index contributed by atoms with van der Waals surface area (Å²) in [6, 6.07) is 1.29. The van der Waals surface area contributed by atoms with Gasteiger partial charge in [0, 0.05) is 43.4 Å². The van der Waals surface area contributed by atoms with Gasteiger partial charge in [-0.1, -0.05) is 0 Å². The first-order chi connectivity index (χ1) is 16.0. The first kappa shape index (κ1) is 23.4. The molecular weight excluding hydrogens is 470 g/mol. The quantitative estimate of drug-likeness (QED) is 0.621. The predicted molar refractivity (Wildman–Crippen MR) is 121 cm³/mol. The summed E-state index contributed by atoms with van der Waals surface area (Å²) in [5.74, 6) is 0.0311. The summed E-state index contributed by atoms with van der Waals surface area (Å²) in [4.78, 5) is 32.1. The van der Waals surface area contributed by atoms with Crippen molar-refractivity contribution in [3.05, 3.63) is 23.4 Å². The molecule has 1 aromatic heterocycles. The molecule has 1 spiro atoms. The third kappa shape index (κ3) is 4.35. The van der Waals surface area contributed by atoms with E-state index < -0.39 is 11.5 Å². The Bertz CT molecular complexity index is 1020. The lowest BCUT2D eigenvalue weighted by molar-refractivity contribution is -0.140. The Hall–Kier alpha value is -2.39. The number of halogens is 3. The van der Waals surface area contributed by atoms with E-state index in [4.69, 9.17) is 10.5 Å². The van der Waals surface area contributed by atoms with E-state index in [0.717, 1.165) is 18.4 Å². The number of nitrogens with zero attached hydrogens (tertiary/aromatic N) is 3. The van der Waals surface area contributed by atoms with Gasteiger partial charge in [-0.3, -0.25) is 4.79 Å². The number of nitrogen functional groups attached to an aromatic ring is 1. The SMILES string of the molecule is Nc1ncc(CC2CC3(C2)CN(C(=O)N2CC[C@@H]4OCC(=O)N[C@@H]4C2)C3)cc1C(=P)C(F)(F)F. The van der Waals surface area contributed by atoms with Gasteiger partial charge in [-0.25, -0.2) is 9.78 Å². The van der Waals surface area contributed by atoms with E-state index in [1.165, 1.54) is 12.3 Å². The maximum Gasteiger partial charge on any atom is 0.420 e. The molecule has 0 aromatic carbocycles. The van der Waals surface area contributed by atoms with Crippen LogP contribution in [0.15, 0.2) is 12.3 Å². The van der Waals surface area contributed by atoms with Gasteiger partial charge < -0.3 is 25.6 Å². The molecule has 8 nitrogen and oxygen atoms in total. The van der Waals surface area contributed by atoms with Crippen molar-refractivity contribution < 1.29 is 27.5 Å². The Morgan fingerprint density at radius 3 is 2.76 bits per heavy atom. The van der Waals surface area contributed by atoms with Crippen LogP contribution < -0.4 is 11.1 Å². The highest BCUT2D eigenvalue weighted by Crippen LogP contribution is 2.53. The summed E-state index contributed by atoms with van der Waals surface area (Å²) in [7, 11) is 2.66. The number of hydrogen-bond acceptors (Lipinski definition) is 5. The van der Waals surface area contributed by atoms with Crippen LogP contribution in [0.2, 0.25) is 0 Å². The first-order valence-corrected chi connectivity index (χ1v) is 11.9. The lowest BCUT2D eigenvalue weighted by atomic mass is 9.56. The van der Waals surface area contributed by atoms with Gasteiger partial charge in [-0.15, -0.1) is 8.86 Å². The Kier molecular flexibility index (Phi) is 5.75. The molecule has 34 heavy (non-hydrogen) atoms. The highest BCUT2D eigenvalue weighted by Gasteiger charge is 2.54. The average molecular weight is 497 g/mol. The van der Waals surface area contributed by atoms with Crippen molar-refractivity contribution >= 4 is 31.9 Å². The van der Waals surface area contributed by atoms with Crippen LogP contribution in [0, 0.1) is 11.3 Å². The fourth-order valence-corrected chi connectivity index (χ4v) is 6.06. The van der Waals surface area contributed by atoms with Crippen molar-refractivity contribution in [1.82, 2.24) is 20.1 Å². The van der Waals surface area contributed by atoms with Crippen LogP contribution in [-0.4, -0.2) is 83.1 Å². The lowest BCUT2D eigenvalue weighted by Gasteiger charge is -2.60. The van der Waals surface area contributed by atoms with Crippen LogP contribution in [-0.2, 0) is 16.0 Å². The Morgan fingerprint density at radius 1 is 1.32 bits per heavy atom. The lowest BCUT2D eigenvalue weighted by Crippen LogP contribution is -2.68. The summed E-state index contributed by atoms with van der Waals surface area (Å²) in [6.07, 6.45) is 0.157. The molecule has 1 aromatic rings. The number of alkyl halides is 3. The van der Waals surface area contributed by atoms with Gasteiger partial charge in [-0.05, 0) is 43.2 Å². The number of urea groups is 1. The summed E-state index contributed by atoms with van der Waals surface area (Å²) in [5, 5.41) is 1.98. The molecule has 3 amide bonds. The predicted octanol–water partition coefficient (Wildman–Crippen LogP) is 1.85. The number of amides is 3. The largest absolute Gasteiger partial charge is 0.420 e. The second kappa shape index (κ2) is 8.37. The molecule has 5 rings (SSSR count). The van der Waals surface area contributed by atoms with Gasteiger partial charge in [0.1, 0.15) is 12.4 Å². The van der Waals surface area contributed by atoms with Gasteiger partial charge in [0.15, 0.2) is 0 Å². The molecule has 4 fully saturated rings. The molecule has 3 aliphatic heterocycles. The molecule has 184 valence electrons. The molecule has 3 saturated heterocycles. The number of fused-ring (bicyclic) bond motifs is 1. The van der Waals surface area contributed by atoms with Crippen LogP contribution in [0.5, 0.6) is 0 Å². The fraction of sp³-hybridized carbons (Fsp3) is 0.636. The minimum absolute atomic E-state index is 0.00736. The second-order valence-corrected chi connectivity index (χ2v) is 10.5. The number of nitrogens with two attached hydrogens (primary N) is 1. The number of carbonyl (C=O) groups is 2. The third-order valence-electron chi connectivity index (χ3n) is 7.41. The van der Waals surface area contributed by atoms with Crippen molar-refractivity contribution in [3.8, 4) is 0 Å². The number of morpholine rings is 1. The number of piperidine rings is 1. The second-order valence-electron chi connectivity index (χ2n) is 10.0. The molecule has 3 N–H and O–H groups in total. The minimum Gasteiger partial charge on any atom is -0.383 e. The molecule has 0 unspecified atom stereocenters. The van der Waals surface area contributed by atoms with Crippen LogP contribution in [0.25, 0.3) is 0 Å². The number of carbonyl (C=O) groups excluding carboxylic acids is 2. The van der Waals surface area contributed by atoms with Gasteiger partial charge in [0.05, 0.1) is 17.4 Å². The summed E-state index contributed by atoms with van der Waals surface area (Å²) in [6.45, 7) is 2.52. The van der Waals surface area contributed by atoms with Crippen molar-refractivity contribution in [2.45, 2.75) is 44.0 Å². The van der Waals surface area contributed by atoms with E-state index in [1.54, 1.807) is 4.90 Å². The summed E-state index contributed by atoms with van der Waals surface area (Å²) in [5.41, 5.74) is 6.33. The van der Waals surface area contributed by atoms with E-state index in [-0.39, 0.29) is 47.5 Å². The van der Waals surface area contributed by atoms with Crippen LogP contribution in [0.4, 0.5) is 23.8 Å². The topological polar surface area (TPSA) is 101 Å². The number of rotatable bonds is 3. The van der Waals surface area contributed by atoms with Crippen LogP contribution in [0.3, 0.4) is 0 Å². The smallest absolute Gasteiger partial charge is 0.383 e. The molecule has 12 heteroatoms.